The summed E-state index contributed by atoms with van der Waals surface area (Å²) in [4.78, 5) is 37.2. The molecule has 0 spiro atoms. The summed E-state index contributed by atoms with van der Waals surface area (Å²) in [6.45, 7) is 2.03. The molecule has 7 heteroatoms. The zero-order chi connectivity index (χ0) is 21.0. The fraction of sp³-hybridized carbons (Fsp3) is 0.500. The van der Waals surface area contributed by atoms with E-state index in [1.165, 1.54) is 0 Å². The fourth-order valence-electron chi connectivity index (χ4n) is 4.13. The van der Waals surface area contributed by atoms with Crippen LogP contribution in [0.5, 0.6) is 0 Å². The van der Waals surface area contributed by atoms with Gasteiger partial charge in [0.1, 0.15) is 11.7 Å². The van der Waals surface area contributed by atoms with Crippen LogP contribution >= 0.6 is 0 Å². The molecule has 0 unspecified atom stereocenters. The Hall–Kier alpha value is -2.83. The van der Waals surface area contributed by atoms with Crippen LogP contribution in [0.3, 0.4) is 0 Å². The second-order valence-electron chi connectivity index (χ2n) is 7.81. The number of aliphatic carboxylic acids is 1. The molecular formula is C22H29N3O4. The van der Waals surface area contributed by atoms with E-state index in [0.717, 1.165) is 30.2 Å². The molecule has 156 valence electrons. The zero-order valence-corrected chi connectivity index (χ0v) is 17.0. The van der Waals surface area contributed by atoms with Crippen molar-refractivity contribution in [1.82, 2.24) is 15.2 Å². The lowest BCUT2D eigenvalue weighted by Crippen LogP contribution is -2.51. The van der Waals surface area contributed by atoms with Crippen LogP contribution in [-0.4, -0.2) is 39.5 Å². The van der Waals surface area contributed by atoms with Crippen molar-refractivity contribution in [2.75, 3.05) is 0 Å². The summed E-state index contributed by atoms with van der Waals surface area (Å²) in [5.41, 5.74) is 1.44. The largest absolute Gasteiger partial charge is 0.481 e. The van der Waals surface area contributed by atoms with Gasteiger partial charge in [0.15, 0.2) is 0 Å². The van der Waals surface area contributed by atoms with E-state index in [-0.39, 0.29) is 17.9 Å². The van der Waals surface area contributed by atoms with Gasteiger partial charge < -0.3 is 20.3 Å². The van der Waals surface area contributed by atoms with Crippen LogP contribution in [0, 0.1) is 5.92 Å². The minimum absolute atomic E-state index is 0.302. The predicted octanol–water partition coefficient (Wildman–Crippen LogP) is 2.84. The molecule has 1 aliphatic carbocycles. The SMILES string of the molecule is CCCC[C@H](NC(=O)c1cc2ccccc2n1C)C(=O)N[C@H]1CCC[C@H]1C(=O)O. The number of aromatic nitrogens is 1. The molecule has 3 N–H and O–H groups in total. The number of amides is 2. The fourth-order valence-corrected chi connectivity index (χ4v) is 4.13. The minimum atomic E-state index is -0.877. The summed E-state index contributed by atoms with van der Waals surface area (Å²) in [5, 5.41) is 16.1. The number of carboxylic acid groups (broad SMARTS) is 1. The van der Waals surface area contributed by atoms with Crippen LogP contribution < -0.4 is 10.6 Å². The Bertz CT molecular complexity index is 905. The van der Waals surface area contributed by atoms with Gasteiger partial charge in [-0.3, -0.25) is 14.4 Å². The predicted molar refractivity (Wildman–Crippen MR) is 111 cm³/mol. The maximum atomic E-state index is 12.9. The van der Waals surface area contributed by atoms with Crippen LogP contribution in [-0.2, 0) is 16.6 Å². The van der Waals surface area contributed by atoms with Crippen molar-refractivity contribution in [3.8, 4) is 0 Å². The molecule has 1 aromatic carbocycles. The van der Waals surface area contributed by atoms with E-state index in [1.807, 2.05) is 48.9 Å². The molecule has 0 aliphatic heterocycles. The summed E-state index contributed by atoms with van der Waals surface area (Å²) < 4.78 is 1.82. The van der Waals surface area contributed by atoms with Crippen molar-refractivity contribution in [3.63, 3.8) is 0 Å². The topological polar surface area (TPSA) is 100 Å². The summed E-state index contributed by atoms with van der Waals surface area (Å²) in [6, 6.07) is 8.48. The number of hydrogen-bond acceptors (Lipinski definition) is 3. The maximum absolute atomic E-state index is 12.9. The van der Waals surface area contributed by atoms with Crippen molar-refractivity contribution in [1.29, 1.82) is 0 Å². The molecule has 2 aromatic rings. The number of carbonyl (C=O) groups excluding carboxylic acids is 2. The Morgan fingerprint density at radius 1 is 1.24 bits per heavy atom. The molecule has 3 atom stereocenters. The number of hydrogen-bond donors (Lipinski definition) is 3. The van der Waals surface area contributed by atoms with Crippen LogP contribution in [0.2, 0.25) is 0 Å². The van der Waals surface area contributed by atoms with E-state index in [0.29, 0.717) is 25.0 Å². The highest BCUT2D eigenvalue weighted by atomic mass is 16.4. The van der Waals surface area contributed by atoms with Crippen molar-refractivity contribution in [2.24, 2.45) is 13.0 Å². The van der Waals surface area contributed by atoms with Gasteiger partial charge in [-0.05, 0) is 31.4 Å². The Morgan fingerprint density at radius 3 is 2.69 bits per heavy atom. The summed E-state index contributed by atoms with van der Waals surface area (Å²) in [7, 11) is 1.83. The third-order valence-electron chi connectivity index (χ3n) is 5.81. The second kappa shape index (κ2) is 9.11. The molecule has 1 heterocycles. The molecule has 3 rings (SSSR count). The van der Waals surface area contributed by atoms with E-state index in [2.05, 4.69) is 10.6 Å². The van der Waals surface area contributed by atoms with Gasteiger partial charge in [-0.15, -0.1) is 0 Å². The third kappa shape index (κ3) is 4.60. The Morgan fingerprint density at radius 2 is 2.00 bits per heavy atom. The van der Waals surface area contributed by atoms with Gasteiger partial charge in [0.2, 0.25) is 5.91 Å². The number of rotatable bonds is 8. The number of aryl methyl sites for hydroxylation is 1. The molecule has 2 amide bonds. The molecule has 1 aromatic heterocycles. The van der Waals surface area contributed by atoms with E-state index in [4.69, 9.17) is 0 Å². The highest BCUT2D eigenvalue weighted by molar-refractivity contribution is 6.00. The standard InChI is InChI=1S/C22H29N3O4/c1-3-4-10-17(20(26)23-16-11-7-9-15(16)22(28)29)24-21(27)19-13-14-8-5-6-12-18(14)25(19)2/h5-6,8,12-13,15-17H,3-4,7,9-11H2,1-2H3,(H,23,26)(H,24,27)(H,28,29)/t15-,16+,17+/m1/s1. The molecule has 1 aliphatic rings. The lowest BCUT2D eigenvalue weighted by molar-refractivity contribution is -0.142. The number of carbonyl (C=O) groups is 3. The lowest BCUT2D eigenvalue weighted by Gasteiger charge is -2.23. The summed E-state index contributed by atoms with van der Waals surface area (Å²) in [5.74, 6) is -2.04. The van der Waals surface area contributed by atoms with Gasteiger partial charge in [-0.25, -0.2) is 0 Å². The average molecular weight is 399 g/mol. The van der Waals surface area contributed by atoms with Gasteiger partial charge in [0.25, 0.3) is 5.91 Å². The average Bonchev–Trinajstić information content (AvgIpc) is 3.30. The molecule has 29 heavy (non-hydrogen) atoms. The molecule has 0 saturated heterocycles. The van der Waals surface area contributed by atoms with Crippen molar-refractivity contribution >= 4 is 28.7 Å². The van der Waals surface area contributed by atoms with Crippen LogP contribution in [0.25, 0.3) is 10.9 Å². The van der Waals surface area contributed by atoms with Crippen molar-refractivity contribution < 1.29 is 19.5 Å². The zero-order valence-electron chi connectivity index (χ0n) is 17.0. The smallest absolute Gasteiger partial charge is 0.308 e. The Labute approximate surface area is 170 Å². The quantitative estimate of drug-likeness (QED) is 0.635. The first-order valence-corrected chi connectivity index (χ1v) is 10.3. The Kier molecular flexibility index (Phi) is 6.56. The number of nitrogens with one attached hydrogen (secondary N) is 2. The normalized spacial score (nSPS) is 19.8. The number of carboxylic acids is 1. The van der Waals surface area contributed by atoms with Crippen molar-refractivity contribution in [3.05, 3.63) is 36.0 Å². The highest BCUT2D eigenvalue weighted by Crippen LogP contribution is 2.26. The van der Waals surface area contributed by atoms with Gasteiger partial charge in [0.05, 0.1) is 5.92 Å². The third-order valence-corrected chi connectivity index (χ3v) is 5.81. The van der Waals surface area contributed by atoms with Gasteiger partial charge in [-0.2, -0.15) is 0 Å². The van der Waals surface area contributed by atoms with Gasteiger partial charge in [-0.1, -0.05) is 44.4 Å². The van der Waals surface area contributed by atoms with Crippen LogP contribution in [0.4, 0.5) is 0 Å². The molecule has 1 fully saturated rings. The number of unbranched alkanes of at least 4 members (excludes halogenated alkanes) is 1. The first kappa shape index (κ1) is 20.9. The van der Waals surface area contributed by atoms with Gasteiger partial charge in [0, 0.05) is 24.0 Å². The monoisotopic (exact) mass is 399 g/mol. The van der Waals surface area contributed by atoms with Gasteiger partial charge >= 0.3 is 5.97 Å². The van der Waals surface area contributed by atoms with Crippen molar-refractivity contribution in [2.45, 2.75) is 57.5 Å². The summed E-state index contributed by atoms with van der Waals surface area (Å²) in [6.07, 6.45) is 4.21. The maximum Gasteiger partial charge on any atom is 0.308 e. The van der Waals surface area contributed by atoms with E-state index < -0.39 is 17.9 Å². The molecule has 7 nitrogen and oxygen atoms in total. The number of fused-ring (bicyclic) bond motifs is 1. The Balaban J connectivity index is 1.73. The van der Waals surface area contributed by atoms with Crippen LogP contribution in [0.15, 0.2) is 30.3 Å². The summed E-state index contributed by atoms with van der Waals surface area (Å²) >= 11 is 0. The lowest BCUT2D eigenvalue weighted by atomic mass is 10.0. The number of nitrogens with zero attached hydrogens (tertiary/aromatic N) is 1. The van der Waals surface area contributed by atoms with E-state index in [9.17, 15) is 19.5 Å². The minimum Gasteiger partial charge on any atom is -0.481 e. The second-order valence-corrected chi connectivity index (χ2v) is 7.81. The first-order chi connectivity index (χ1) is 13.9. The van der Waals surface area contributed by atoms with Crippen LogP contribution in [0.1, 0.15) is 55.9 Å². The molecule has 0 radical (unpaired) electrons. The van der Waals surface area contributed by atoms with E-state index in [1.54, 1.807) is 0 Å². The number of benzene rings is 1. The number of para-hydroxylation sites is 1. The van der Waals surface area contributed by atoms with E-state index >= 15 is 0 Å². The first-order valence-electron chi connectivity index (χ1n) is 10.3. The molecule has 1 saturated carbocycles. The molecule has 0 bridgehead atoms. The molecular weight excluding hydrogens is 370 g/mol. The highest BCUT2D eigenvalue weighted by Gasteiger charge is 2.35.